The van der Waals surface area contributed by atoms with E-state index in [9.17, 15) is 9.18 Å². The number of hydrogen-bond acceptors (Lipinski definition) is 2. The van der Waals surface area contributed by atoms with Gasteiger partial charge in [0.15, 0.2) is 0 Å². The summed E-state index contributed by atoms with van der Waals surface area (Å²) in [6.45, 7) is 3.11. The summed E-state index contributed by atoms with van der Waals surface area (Å²) in [7, 11) is 3.95. The van der Waals surface area contributed by atoms with Gasteiger partial charge < -0.3 is 10.2 Å². The first kappa shape index (κ1) is 13.6. The van der Waals surface area contributed by atoms with Gasteiger partial charge >= 0.3 is 0 Å². The number of nitrogens with zero attached hydrogens (tertiary/aromatic N) is 1. The van der Waals surface area contributed by atoms with E-state index >= 15 is 0 Å². The van der Waals surface area contributed by atoms with Gasteiger partial charge in [0, 0.05) is 6.54 Å². The van der Waals surface area contributed by atoms with Crippen LogP contribution in [0.2, 0.25) is 0 Å². The van der Waals surface area contributed by atoms with Crippen molar-refractivity contribution >= 4 is 5.91 Å². The Labute approximate surface area is 102 Å². The molecule has 1 aromatic rings. The summed E-state index contributed by atoms with van der Waals surface area (Å²) in [5.41, 5.74) is 0.612. The second kappa shape index (κ2) is 6.35. The van der Waals surface area contributed by atoms with Crippen molar-refractivity contribution in [3.8, 4) is 0 Å². The van der Waals surface area contributed by atoms with Crippen LogP contribution < -0.4 is 5.32 Å². The highest BCUT2D eigenvalue weighted by Crippen LogP contribution is 2.11. The van der Waals surface area contributed by atoms with Crippen molar-refractivity contribution in [1.82, 2.24) is 10.2 Å². The average Bonchev–Trinajstić information content (AvgIpc) is 2.27. The Kier molecular flexibility index (Phi) is 5.10. The molecule has 0 aliphatic carbocycles. The minimum atomic E-state index is -0.433. The van der Waals surface area contributed by atoms with Gasteiger partial charge in [0.25, 0.3) is 5.91 Å². The maximum atomic E-state index is 13.6. The van der Waals surface area contributed by atoms with Crippen LogP contribution >= 0.6 is 0 Å². The molecule has 0 unspecified atom stereocenters. The van der Waals surface area contributed by atoms with E-state index < -0.39 is 5.82 Å². The fraction of sp³-hybridized carbons (Fsp3) is 0.462. The summed E-state index contributed by atoms with van der Waals surface area (Å²) in [6.07, 6.45) is 0.853. The molecular weight excluding hydrogens is 219 g/mol. The highest BCUT2D eigenvalue weighted by Gasteiger charge is 2.12. The van der Waals surface area contributed by atoms with E-state index in [2.05, 4.69) is 5.32 Å². The van der Waals surface area contributed by atoms with Gasteiger partial charge in [-0.2, -0.15) is 0 Å². The molecule has 17 heavy (non-hydrogen) atoms. The number of halogens is 1. The molecule has 0 saturated carbocycles. The molecule has 1 N–H and O–H groups in total. The second-order valence-electron chi connectivity index (χ2n) is 4.35. The van der Waals surface area contributed by atoms with Crippen LogP contribution in [-0.4, -0.2) is 38.0 Å². The van der Waals surface area contributed by atoms with Crippen molar-refractivity contribution in [2.45, 2.75) is 13.3 Å². The van der Waals surface area contributed by atoms with Crippen LogP contribution in [0, 0.1) is 12.7 Å². The zero-order chi connectivity index (χ0) is 12.8. The van der Waals surface area contributed by atoms with Gasteiger partial charge in [-0.1, -0.05) is 12.1 Å². The molecule has 1 aromatic carbocycles. The Hall–Kier alpha value is -1.42. The third-order valence-corrected chi connectivity index (χ3v) is 2.50. The molecule has 94 valence electrons. The molecule has 0 aliphatic heterocycles. The lowest BCUT2D eigenvalue weighted by Gasteiger charge is -2.10. The largest absolute Gasteiger partial charge is 0.352 e. The van der Waals surface area contributed by atoms with Crippen LogP contribution in [0.25, 0.3) is 0 Å². The highest BCUT2D eigenvalue weighted by atomic mass is 19.1. The lowest BCUT2D eigenvalue weighted by molar-refractivity contribution is 0.0948. The fourth-order valence-electron chi connectivity index (χ4n) is 1.52. The van der Waals surface area contributed by atoms with Gasteiger partial charge in [0.2, 0.25) is 0 Å². The molecule has 0 heterocycles. The molecule has 0 saturated heterocycles. The van der Waals surface area contributed by atoms with E-state index in [1.54, 1.807) is 19.1 Å². The molecule has 0 bridgehead atoms. The van der Waals surface area contributed by atoms with Gasteiger partial charge in [0.1, 0.15) is 5.82 Å². The standard InChI is InChI=1S/C13H19FN2O/c1-10-6-4-7-11(12(10)14)13(17)15-8-5-9-16(2)3/h4,6-7H,5,8-9H2,1-3H3,(H,15,17). The van der Waals surface area contributed by atoms with Crippen molar-refractivity contribution in [2.75, 3.05) is 27.2 Å². The number of hydrogen-bond donors (Lipinski definition) is 1. The molecule has 0 radical (unpaired) electrons. The van der Waals surface area contributed by atoms with E-state index in [-0.39, 0.29) is 11.5 Å². The first-order valence-electron chi connectivity index (χ1n) is 5.70. The topological polar surface area (TPSA) is 32.3 Å². The average molecular weight is 238 g/mol. The van der Waals surface area contributed by atoms with E-state index in [4.69, 9.17) is 0 Å². The number of amides is 1. The molecule has 0 aromatic heterocycles. The number of aryl methyl sites for hydroxylation is 1. The summed E-state index contributed by atoms with van der Waals surface area (Å²) in [5, 5.41) is 2.72. The molecular formula is C13H19FN2O. The summed E-state index contributed by atoms with van der Waals surface area (Å²) in [6, 6.07) is 4.84. The van der Waals surface area contributed by atoms with E-state index in [1.807, 2.05) is 19.0 Å². The Bertz CT molecular complexity index is 391. The molecule has 1 amide bonds. The first-order valence-corrected chi connectivity index (χ1v) is 5.70. The van der Waals surface area contributed by atoms with Crippen molar-refractivity contribution in [2.24, 2.45) is 0 Å². The number of carbonyl (C=O) groups is 1. The van der Waals surface area contributed by atoms with Crippen LogP contribution in [-0.2, 0) is 0 Å². The van der Waals surface area contributed by atoms with Gasteiger partial charge in [0.05, 0.1) is 5.56 Å². The maximum Gasteiger partial charge on any atom is 0.254 e. The van der Waals surface area contributed by atoms with Gasteiger partial charge in [-0.05, 0) is 45.6 Å². The lowest BCUT2D eigenvalue weighted by atomic mass is 10.1. The third kappa shape index (κ3) is 4.15. The van der Waals surface area contributed by atoms with Gasteiger partial charge in [-0.25, -0.2) is 4.39 Å². The van der Waals surface area contributed by atoms with Crippen LogP contribution in [0.5, 0.6) is 0 Å². The molecule has 3 nitrogen and oxygen atoms in total. The predicted octanol–water partition coefficient (Wildman–Crippen LogP) is 1.82. The number of nitrogens with one attached hydrogen (secondary N) is 1. The fourth-order valence-corrected chi connectivity index (χ4v) is 1.52. The zero-order valence-electron chi connectivity index (χ0n) is 10.6. The predicted molar refractivity (Wildman–Crippen MR) is 66.6 cm³/mol. The third-order valence-electron chi connectivity index (χ3n) is 2.50. The molecule has 0 atom stereocenters. The highest BCUT2D eigenvalue weighted by molar-refractivity contribution is 5.94. The SMILES string of the molecule is Cc1cccc(C(=O)NCCCN(C)C)c1F. The smallest absolute Gasteiger partial charge is 0.254 e. The second-order valence-corrected chi connectivity index (χ2v) is 4.35. The Morgan fingerprint density at radius 3 is 2.76 bits per heavy atom. The van der Waals surface area contributed by atoms with Crippen LogP contribution in [0.1, 0.15) is 22.3 Å². The van der Waals surface area contributed by atoms with Gasteiger partial charge in [-0.15, -0.1) is 0 Å². The molecule has 4 heteroatoms. The summed E-state index contributed by atoms with van der Waals surface area (Å²) in [4.78, 5) is 13.7. The Balaban J connectivity index is 2.50. The van der Waals surface area contributed by atoms with Crippen LogP contribution in [0.3, 0.4) is 0 Å². The zero-order valence-corrected chi connectivity index (χ0v) is 10.6. The minimum Gasteiger partial charge on any atom is -0.352 e. The lowest BCUT2D eigenvalue weighted by Crippen LogP contribution is -2.27. The Morgan fingerprint density at radius 2 is 2.12 bits per heavy atom. The molecule has 0 aliphatic rings. The van der Waals surface area contributed by atoms with Gasteiger partial charge in [-0.3, -0.25) is 4.79 Å². The van der Waals surface area contributed by atoms with Crippen molar-refractivity contribution in [3.63, 3.8) is 0 Å². The van der Waals surface area contributed by atoms with Crippen LogP contribution in [0.4, 0.5) is 4.39 Å². The number of benzene rings is 1. The monoisotopic (exact) mass is 238 g/mol. The van der Waals surface area contributed by atoms with Crippen LogP contribution in [0.15, 0.2) is 18.2 Å². The minimum absolute atomic E-state index is 0.120. The van der Waals surface area contributed by atoms with E-state index in [1.165, 1.54) is 6.07 Å². The van der Waals surface area contributed by atoms with Crippen molar-refractivity contribution in [3.05, 3.63) is 35.1 Å². The summed E-state index contributed by atoms with van der Waals surface area (Å²) < 4.78 is 13.6. The number of carbonyl (C=O) groups excluding carboxylic acids is 1. The van der Waals surface area contributed by atoms with E-state index in [0.717, 1.165) is 13.0 Å². The normalized spacial score (nSPS) is 10.6. The first-order chi connectivity index (χ1) is 8.02. The molecule has 0 fully saturated rings. The Morgan fingerprint density at radius 1 is 1.41 bits per heavy atom. The quantitative estimate of drug-likeness (QED) is 0.794. The maximum absolute atomic E-state index is 13.6. The molecule has 0 spiro atoms. The summed E-state index contributed by atoms with van der Waals surface area (Å²) >= 11 is 0. The molecule has 1 rings (SSSR count). The van der Waals surface area contributed by atoms with Crippen molar-refractivity contribution in [1.29, 1.82) is 0 Å². The summed E-state index contributed by atoms with van der Waals surface area (Å²) in [5.74, 6) is -0.775. The van der Waals surface area contributed by atoms with E-state index in [0.29, 0.717) is 12.1 Å². The van der Waals surface area contributed by atoms with Crippen molar-refractivity contribution < 1.29 is 9.18 Å². The number of rotatable bonds is 5.